The number of nitrogens with one attached hydrogen (secondary N) is 2. The quantitative estimate of drug-likeness (QED) is 0.708. The summed E-state index contributed by atoms with van der Waals surface area (Å²) in [5, 5.41) is 7.05. The molecule has 2 aromatic heterocycles. The Bertz CT molecular complexity index is 879. The molecule has 7 heteroatoms. The number of nitrogens with zero attached hydrogens (tertiary/aromatic N) is 2. The van der Waals surface area contributed by atoms with Gasteiger partial charge in [-0.3, -0.25) is 4.79 Å². The van der Waals surface area contributed by atoms with E-state index in [1.807, 2.05) is 31.2 Å². The van der Waals surface area contributed by atoms with Crippen molar-refractivity contribution in [1.29, 1.82) is 0 Å². The highest BCUT2D eigenvalue weighted by molar-refractivity contribution is 7.11. The Morgan fingerprint density at radius 3 is 2.80 bits per heavy atom. The lowest BCUT2D eigenvalue weighted by molar-refractivity contribution is 0.0952. The molecule has 2 heterocycles. The number of ether oxygens (including phenoxy) is 1. The van der Waals surface area contributed by atoms with Crippen LogP contribution in [0.4, 0.5) is 11.5 Å². The van der Waals surface area contributed by atoms with Crippen LogP contribution in [0.3, 0.4) is 0 Å². The Balaban J connectivity index is 1.77. The number of para-hydroxylation sites is 2. The summed E-state index contributed by atoms with van der Waals surface area (Å²) in [6, 6.07) is 11.0. The van der Waals surface area contributed by atoms with Crippen molar-refractivity contribution in [2.75, 3.05) is 12.4 Å². The fourth-order valence-corrected chi connectivity index (χ4v) is 3.05. The maximum atomic E-state index is 12.6. The smallest absolute Gasteiger partial charge is 0.255 e. The number of anilines is 2. The minimum atomic E-state index is -0.198. The molecule has 0 atom stereocenters. The van der Waals surface area contributed by atoms with Crippen molar-refractivity contribution in [3.63, 3.8) is 0 Å². The summed E-state index contributed by atoms with van der Waals surface area (Å²) in [5.41, 5.74) is 1.21. The van der Waals surface area contributed by atoms with Crippen molar-refractivity contribution in [3.8, 4) is 5.75 Å². The second-order valence-corrected chi connectivity index (χ2v) is 6.57. The summed E-state index contributed by atoms with van der Waals surface area (Å²) in [6.45, 7) is 2.37. The van der Waals surface area contributed by atoms with E-state index in [1.165, 1.54) is 0 Å². The molecular weight excluding hydrogens is 336 g/mol. The van der Waals surface area contributed by atoms with E-state index in [9.17, 15) is 4.79 Å². The molecule has 0 fully saturated rings. The number of hydrogen-bond acceptors (Lipinski definition) is 6. The molecule has 0 aliphatic heterocycles. The number of methoxy groups -OCH3 is 1. The van der Waals surface area contributed by atoms with Crippen molar-refractivity contribution in [2.45, 2.75) is 13.5 Å². The lowest BCUT2D eigenvalue weighted by atomic mass is 10.2. The monoisotopic (exact) mass is 354 g/mol. The highest BCUT2D eigenvalue weighted by atomic mass is 32.1. The average Bonchev–Trinajstić information content (AvgIpc) is 3.06. The second kappa shape index (κ2) is 7.76. The van der Waals surface area contributed by atoms with E-state index in [-0.39, 0.29) is 5.91 Å². The molecule has 6 nitrogen and oxygen atoms in total. The van der Waals surface area contributed by atoms with Crippen LogP contribution < -0.4 is 15.4 Å². The number of aromatic nitrogens is 2. The van der Waals surface area contributed by atoms with Crippen LogP contribution in [0.25, 0.3) is 0 Å². The van der Waals surface area contributed by atoms with Crippen molar-refractivity contribution in [1.82, 2.24) is 15.3 Å². The first-order valence-corrected chi connectivity index (χ1v) is 8.53. The number of aryl methyl sites for hydroxylation is 1. The Morgan fingerprint density at radius 1 is 1.20 bits per heavy atom. The van der Waals surface area contributed by atoms with Crippen LogP contribution >= 0.6 is 11.3 Å². The van der Waals surface area contributed by atoms with Crippen molar-refractivity contribution in [3.05, 3.63) is 64.2 Å². The topological polar surface area (TPSA) is 76.1 Å². The number of pyridine rings is 1. The molecule has 1 aromatic carbocycles. The minimum absolute atomic E-state index is 0.198. The van der Waals surface area contributed by atoms with E-state index >= 15 is 0 Å². The Hall–Kier alpha value is -2.93. The number of thiazole rings is 1. The standard InChI is InChI=1S/C18H18N4O2S/c1-12-20-10-13(25-12)11-21-18(23)14-6-5-9-19-17(14)22-15-7-3-4-8-16(15)24-2/h3-10H,11H2,1-2H3,(H,19,22)(H,21,23). The molecule has 0 aliphatic rings. The Morgan fingerprint density at radius 2 is 2.04 bits per heavy atom. The minimum Gasteiger partial charge on any atom is -0.495 e. The molecule has 25 heavy (non-hydrogen) atoms. The number of carbonyl (C=O) groups is 1. The molecule has 3 rings (SSSR count). The zero-order chi connectivity index (χ0) is 17.6. The summed E-state index contributed by atoms with van der Waals surface area (Å²) in [4.78, 5) is 22.0. The average molecular weight is 354 g/mol. The lowest BCUT2D eigenvalue weighted by Crippen LogP contribution is -2.23. The van der Waals surface area contributed by atoms with Gasteiger partial charge in [-0.25, -0.2) is 9.97 Å². The van der Waals surface area contributed by atoms with Crippen LogP contribution in [-0.4, -0.2) is 23.0 Å². The van der Waals surface area contributed by atoms with Crippen LogP contribution in [0.1, 0.15) is 20.2 Å². The lowest BCUT2D eigenvalue weighted by Gasteiger charge is -2.13. The zero-order valence-electron chi connectivity index (χ0n) is 13.9. The molecule has 3 aromatic rings. The Kier molecular flexibility index (Phi) is 5.25. The van der Waals surface area contributed by atoms with E-state index in [0.29, 0.717) is 23.7 Å². The van der Waals surface area contributed by atoms with Crippen LogP contribution in [0.15, 0.2) is 48.8 Å². The van der Waals surface area contributed by atoms with E-state index in [0.717, 1.165) is 15.6 Å². The fourth-order valence-electron chi connectivity index (χ4n) is 2.31. The molecule has 0 radical (unpaired) electrons. The first-order valence-electron chi connectivity index (χ1n) is 7.72. The van der Waals surface area contributed by atoms with Gasteiger partial charge < -0.3 is 15.4 Å². The summed E-state index contributed by atoms with van der Waals surface area (Å²) in [7, 11) is 1.60. The first-order chi connectivity index (χ1) is 12.2. The molecule has 0 aliphatic carbocycles. The van der Waals surface area contributed by atoms with Gasteiger partial charge >= 0.3 is 0 Å². The van der Waals surface area contributed by atoms with Gasteiger partial charge in [0.25, 0.3) is 5.91 Å². The van der Waals surface area contributed by atoms with E-state index < -0.39 is 0 Å². The summed E-state index contributed by atoms with van der Waals surface area (Å²) in [5.74, 6) is 0.959. The van der Waals surface area contributed by atoms with Crippen LogP contribution in [-0.2, 0) is 6.54 Å². The third-order valence-electron chi connectivity index (χ3n) is 3.50. The number of amides is 1. The Labute approximate surface area is 149 Å². The highest BCUT2D eigenvalue weighted by Crippen LogP contribution is 2.27. The van der Waals surface area contributed by atoms with Crippen molar-refractivity contribution >= 4 is 28.7 Å². The van der Waals surface area contributed by atoms with E-state index in [4.69, 9.17) is 4.74 Å². The molecule has 0 spiro atoms. The summed E-state index contributed by atoms with van der Waals surface area (Å²) < 4.78 is 5.33. The van der Waals surface area contributed by atoms with Gasteiger partial charge in [-0.2, -0.15) is 0 Å². The largest absolute Gasteiger partial charge is 0.495 e. The molecule has 0 bridgehead atoms. The number of hydrogen-bond donors (Lipinski definition) is 2. The first kappa shape index (κ1) is 16.9. The molecule has 0 saturated heterocycles. The van der Waals surface area contributed by atoms with Gasteiger partial charge in [-0.1, -0.05) is 12.1 Å². The molecule has 2 N–H and O–H groups in total. The third-order valence-corrected chi connectivity index (χ3v) is 4.42. The van der Waals surface area contributed by atoms with Crippen molar-refractivity contribution in [2.24, 2.45) is 0 Å². The number of benzene rings is 1. The molecule has 0 saturated carbocycles. The predicted molar refractivity (Wildman–Crippen MR) is 98.5 cm³/mol. The van der Waals surface area contributed by atoms with Gasteiger partial charge in [0.15, 0.2) is 0 Å². The molecule has 0 unspecified atom stereocenters. The maximum Gasteiger partial charge on any atom is 0.255 e. The predicted octanol–water partition coefficient (Wildman–Crippen LogP) is 3.53. The number of carbonyl (C=O) groups excluding carboxylic acids is 1. The van der Waals surface area contributed by atoms with Crippen molar-refractivity contribution < 1.29 is 9.53 Å². The maximum absolute atomic E-state index is 12.6. The van der Waals surface area contributed by atoms with Crippen LogP contribution in [0, 0.1) is 6.92 Å². The van der Waals surface area contributed by atoms with Gasteiger partial charge in [0.2, 0.25) is 0 Å². The third kappa shape index (κ3) is 4.13. The van der Waals surface area contributed by atoms with Gasteiger partial charge in [0.05, 0.1) is 29.9 Å². The highest BCUT2D eigenvalue weighted by Gasteiger charge is 2.14. The normalized spacial score (nSPS) is 10.3. The van der Waals surface area contributed by atoms with E-state index in [1.54, 1.807) is 43.0 Å². The van der Waals surface area contributed by atoms with Gasteiger partial charge in [-0.05, 0) is 31.2 Å². The van der Waals surface area contributed by atoms with Crippen LogP contribution in [0.5, 0.6) is 5.75 Å². The van der Waals surface area contributed by atoms with Crippen LogP contribution in [0.2, 0.25) is 0 Å². The summed E-state index contributed by atoms with van der Waals surface area (Å²) >= 11 is 1.56. The van der Waals surface area contributed by atoms with Gasteiger partial charge in [-0.15, -0.1) is 11.3 Å². The van der Waals surface area contributed by atoms with Gasteiger partial charge in [0, 0.05) is 17.3 Å². The SMILES string of the molecule is COc1ccccc1Nc1ncccc1C(=O)NCc1cnc(C)s1. The van der Waals surface area contributed by atoms with Gasteiger partial charge in [0.1, 0.15) is 11.6 Å². The second-order valence-electron chi connectivity index (χ2n) is 5.25. The molecular formula is C18H18N4O2S. The zero-order valence-corrected chi connectivity index (χ0v) is 14.8. The number of rotatable bonds is 6. The molecule has 128 valence electrons. The summed E-state index contributed by atoms with van der Waals surface area (Å²) in [6.07, 6.45) is 3.42. The van der Waals surface area contributed by atoms with E-state index in [2.05, 4.69) is 20.6 Å². The fraction of sp³-hybridized carbons (Fsp3) is 0.167. The molecule has 1 amide bonds.